The maximum Gasteiger partial charge on any atom is 0.308 e. The van der Waals surface area contributed by atoms with E-state index in [4.69, 9.17) is 4.74 Å². The Kier molecular flexibility index (Phi) is 9.06. The molecule has 0 aliphatic carbocycles. The Morgan fingerprint density at radius 1 is 1.17 bits per heavy atom. The van der Waals surface area contributed by atoms with Gasteiger partial charge in [0.05, 0.1) is 30.5 Å². The number of carbonyl (C=O) groups excluding carboxylic acids is 1. The molecule has 1 N–H and O–H groups in total. The molecule has 200 valence electrons. The molecule has 3 rings (SSSR count). The van der Waals surface area contributed by atoms with Gasteiger partial charge in [-0.15, -0.1) is 0 Å². The Morgan fingerprint density at radius 2 is 1.78 bits per heavy atom. The summed E-state index contributed by atoms with van der Waals surface area (Å²) in [6.45, 7) is 18.2. The predicted octanol–water partition coefficient (Wildman–Crippen LogP) is 5.24. The van der Waals surface area contributed by atoms with Gasteiger partial charge in [-0.25, -0.2) is 3.97 Å². The molecule has 0 radical (unpaired) electrons. The molecule has 2 aliphatic rings. The van der Waals surface area contributed by atoms with Crippen LogP contribution in [0.5, 0.6) is 0 Å². The number of nitrogens with one attached hydrogen (secondary N) is 1. The van der Waals surface area contributed by atoms with Gasteiger partial charge in [-0.2, -0.15) is 12.7 Å². The van der Waals surface area contributed by atoms with E-state index in [0.717, 1.165) is 48.8 Å². The molecule has 7 nitrogen and oxygen atoms in total. The van der Waals surface area contributed by atoms with Gasteiger partial charge in [0.2, 0.25) is 0 Å². The van der Waals surface area contributed by atoms with Crippen molar-refractivity contribution in [3.8, 4) is 0 Å². The van der Waals surface area contributed by atoms with Gasteiger partial charge in [0.1, 0.15) is 0 Å². The molecule has 1 aromatic rings. The van der Waals surface area contributed by atoms with E-state index in [2.05, 4.69) is 39.6 Å². The van der Waals surface area contributed by atoms with E-state index < -0.39 is 10.2 Å². The van der Waals surface area contributed by atoms with Crippen LogP contribution in [0.25, 0.3) is 5.57 Å². The van der Waals surface area contributed by atoms with E-state index in [0.29, 0.717) is 43.3 Å². The summed E-state index contributed by atoms with van der Waals surface area (Å²) in [5.74, 6) is -0.281. The minimum Gasteiger partial charge on any atom is -0.377 e. The zero-order chi connectivity index (χ0) is 26.7. The number of rotatable bonds is 8. The molecular weight excluding hydrogens is 474 g/mol. The maximum atomic E-state index is 14.1. The van der Waals surface area contributed by atoms with Crippen LogP contribution in [0.15, 0.2) is 35.9 Å². The molecular formula is C28H43N3O4S. The van der Waals surface area contributed by atoms with Crippen LogP contribution in [0.2, 0.25) is 0 Å². The van der Waals surface area contributed by atoms with E-state index >= 15 is 0 Å². The molecule has 1 aromatic heterocycles. The topological polar surface area (TPSA) is 80.6 Å². The summed E-state index contributed by atoms with van der Waals surface area (Å²) in [6.07, 6.45) is 8.43. The normalized spacial score (nSPS) is 19.1. The van der Waals surface area contributed by atoms with Gasteiger partial charge in [0.25, 0.3) is 5.91 Å². The first-order chi connectivity index (χ1) is 16.9. The Hall–Kier alpha value is -2.16. The molecule has 2 saturated heterocycles. The molecule has 0 aromatic carbocycles. The van der Waals surface area contributed by atoms with Crippen molar-refractivity contribution in [2.24, 2.45) is 5.41 Å². The summed E-state index contributed by atoms with van der Waals surface area (Å²) in [5, 5.41) is 2.97. The van der Waals surface area contributed by atoms with Gasteiger partial charge in [0, 0.05) is 18.8 Å². The maximum absolute atomic E-state index is 14.1. The Bertz CT molecular complexity index is 1140. The van der Waals surface area contributed by atoms with E-state index in [9.17, 15) is 13.2 Å². The minimum atomic E-state index is -3.89. The third kappa shape index (κ3) is 6.39. The first-order valence-corrected chi connectivity index (χ1v) is 14.5. The molecule has 0 atom stereocenters. The second-order valence-corrected chi connectivity index (χ2v) is 12.8. The third-order valence-corrected chi connectivity index (χ3v) is 9.15. The number of hydrogen-bond acceptors (Lipinski definition) is 4. The van der Waals surface area contributed by atoms with Crippen LogP contribution in [0, 0.1) is 12.3 Å². The SMILES string of the molecule is C=C(/C=C(\C=C(/C)C(C)(C)C)c1cc(C(=O)NC2COC2)c(C)n1S(=O)(=O)N1CCCCCC1)CC. The summed E-state index contributed by atoms with van der Waals surface area (Å²) in [5.41, 5.74) is 3.90. The van der Waals surface area contributed by atoms with Crippen LogP contribution in [0.1, 0.15) is 88.5 Å². The van der Waals surface area contributed by atoms with Crippen LogP contribution in [-0.4, -0.2) is 54.9 Å². The highest BCUT2D eigenvalue weighted by Gasteiger charge is 2.33. The van der Waals surface area contributed by atoms with Gasteiger partial charge >= 0.3 is 10.2 Å². The first-order valence-electron chi connectivity index (χ1n) is 13.1. The Labute approximate surface area is 217 Å². The van der Waals surface area contributed by atoms with Gasteiger partial charge in [-0.3, -0.25) is 4.79 Å². The average molecular weight is 518 g/mol. The molecule has 8 heteroatoms. The molecule has 0 unspecified atom stereocenters. The molecule has 0 saturated carbocycles. The monoisotopic (exact) mass is 517 g/mol. The fourth-order valence-electron chi connectivity index (χ4n) is 4.25. The Balaban J connectivity index is 2.23. The van der Waals surface area contributed by atoms with Crippen LogP contribution in [0.4, 0.5) is 0 Å². The fraction of sp³-hybridized carbons (Fsp3) is 0.607. The van der Waals surface area contributed by atoms with Crippen molar-refractivity contribution < 1.29 is 17.9 Å². The number of aromatic nitrogens is 1. The smallest absolute Gasteiger partial charge is 0.308 e. The summed E-state index contributed by atoms with van der Waals surface area (Å²) in [7, 11) is -3.89. The van der Waals surface area contributed by atoms with Crippen molar-refractivity contribution in [3.05, 3.63) is 52.9 Å². The summed E-state index contributed by atoms with van der Waals surface area (Å²) >= 11 is 0. The van der Waals surface area contributed by atoms with Crippen LogP contribution in [-0.2, 0) is 14.9 Å². The lowest BCUT2D eigenvalue weighted by molar-refractivity contribution is -0.00347. The van der Waals surface area contributed by atoms with Crippen molar-refractivity contribution in [1.29, 1.82) is 0 Å². The van der Waals surface area contributed by atoms with Crippen molar-refractivity contribution in [2.45, 2.75) is 79.7 Å². The number of ether oxygens (including phenoxy) is 1. The molecule has 2 fully saturated rings. The average Bonchev–Trinajstić information content (AvgIpc) is 2.94. The second-order valence-electron chi connectivity index (χ2n) is 11.0. The van der Waals surface area contributed by atoms with E-state index in [1.807, 2.05) is 19.1 Å². The van der Waals surface area contributed by atoms with Crippen molar-refractivity contribution in [2.75, 3.05) is 26.3 Å². The zero-order valence-corrected chi connectivity index (χ0v) is 23.6. The number of nitrogens with zero attached hydrogens (tertiary/aromatic N) is 2. The highest BCUT2D eigenvalue weighted by molar-refractivity contribution is 7.87. The van der Waals surface area contributed by atoms with E-state index in [1.165, 1.54) is 3.97 Å². The number of hydrogen-bond donors (Lipinski definition) is 1. The highest BCUT2D eigenvalue weighted by Crippen LogP contribution is 2.33. The lowest BCUT2D eigenvalue weighted by Gasteiger charge is -2.26. The van der Waals surface area contributed by atoms with Crippen molar-refractivity contribution >= 4 is 21.7 Å². The van der Waals surface area contributed by atoms with Gasteiger partial charge in [-0.05, 0) is 50.2 Å². The van der Waals surface area contributed by atoms with Gasteiger partial charge in [0.15, 0.2) is 0 Å². The van der Waals surface area contributed by atoms with Crippen LogP contribution in [0.3, 0.4) is 0 Å². The zero-order valence-electron chi connectivity index (χ0n) is 22.8. The summed E-state index contributed by atoms with van der Waals surface area (Å²) < 4.78 is 36.4. The minimum absolute atomic E-state index is 0.0520. The van der Waals surface area contributed by atoms with Crippen molar-refractivity contribution in [1.82, 2.24) is 13.6 Å². The molecule has 0 spiro atoms. The van der Waals surface area contributed by atoms with Gasteiger partial charge < -0.3 is 10.1 Å². The standard InChI is InChI=1S/C28H43N3O4S/c1-8-20(2)15-23(16-21(3)28(5,6)7)26-17-25(27(32)29-24-18-35-19-24)22(4)31(26)36(33,34)30-13-11-9-10-12-14-30/h15-17,24H,2,8-14,18-19H2,1,3-7H3,(H,29,32)/b21-16+,23-15+. The first kappa shape index (κ1) is 28.4. The number of amides is 1. The molecule has 2 aliphatic heterocycles. The largest absolute Gasteiger partial charge is 0.377 e. The summed E-state index contributed by atoms with van der Waals surface area (Å²) in [6, 6.07) is 1.67. The molecule has 1 amide bonds. The Morgan fingerprint density at radius 3 is 2.28 bits per heavy atom. The third-order valence-electron chi connectivity index (χ3n) is 7.20. The van der Waals surface area contributed by atoms with Crippen LogP contribution >= 0.6 is 0 Å². The lowest BCUT2D eigenvalue weighted by atomic mass is 9.86. The molecule has 0 bridgehead atoms. The molecule has 3 heterocycles. The van der Waals surface area contributed by atoms with Crippen molar-refractivity contribution in [3.63, 3.8) is 0 Å². The lowest BCUT2D eigenvalue weighted by Crippen LogP contribution is -2.48. The number of carbonyl (C=O) groups is 1. The predicted molar refractivity (Wildman–Crippen MR) is 146 cm³/mol. The van der Waals surface area contributed by atoms with E-state index in [-0.39, 0.29) is 17.4 Å². The highest BCUT2D eigenvalue weighted by atomic mass is 32.2. The fourth-order valence-corrected chi connectivity index (χ4v) is 6.05. The van der Waals surface area contributed by atoms with E-state index in [1.54, 1.807) is 17.3 Å². The molecule has 36 heavy (non-hydrogen) atoms. The quantitative estimate of drug-likeness (QED) is 0.479. The number of allylic oxidation sites excluding steroid dienone is 5. The second kappa shape index (κ2) is 11.5. The van der Waals surface area contributed by atoms with Crippen LogP contribution < -0.4 is 5.32 Å². The van der Waals surface area contributed by atoms with Gasteiger partial charge in [-0.1, -0.05) is 70.4 Å². The summed E-state index contributed by atoms with van der Waals surface area (Å²) in [4.78, 5) is 13.2.